The molecule has 0 saturated carbocycles. The smallest absolute Gasteiger partial charge is 0.101 e. The molecular formula is C21H17Cl4N3. The summed E-state index contributed by atoms with van der Waals surface area (Å²) >= 11 is 24.9. The van der Waals surface area contributed by atoms with Crippen molar-refractivity contribution in [3.63, 3.8) is 0 Å². The first kappa shape index (κ1) is 20.9. The molecule has 1 aromatic heterocycles. The first-order valence-electron chi connectivity index (χ1n) is 8.44. The minimum Gasteiger partial charge on any atom is -0.342 e. The van der Waals surface area contributed by atoms with Gasteiger partial charge in [0.05, 0.1) is 42.9 Å². The zero-order valence-electron chi connectivity index (χ0n) is 15.5. The van der Waals surface area contributed by atoms with Crippen LogP contribution < -0.4 is 0 Å². The van der Waals surface area contributed by atoms with Crippen LogP contribution >= 0.6 is 46.4 Å². The van der Waals surface area contributed by atoms with Crippen LogP contribution in [0.3, 0.4) is 0 Å². The Morgan fingerprint density at radius 1 is 0.643 bits per heavy atom. The molecule has 3 rings (SSSR count). The average Bonchev–Trinajstić information content (AvgIpc) is 3.03. The summed E-state index contributed by atoms with van der Waals surface area (Å²) in [5, 5.41) is 2.03. The number of para-hydroxylation sites is 2. The maximum atomic E-state index is 6.23. The largest absolute Gasteiger partial charge is 0.342 e. The lowest BCUT2D eigenvalue weighted by Crippen LogP contribution is -2.09. The van der Waals surface area contributed by atoms with Gasteiger partial charge < -0.3 is 4.57 Å². The molecule has 0 unspecified atom stereocenters. The van der Waals surface area contributed by atoms with Crippen molar-refractivity contribution in [2.75, 3.05) is 0 Å². The fourth-order valence-corrected chi connectivity index (χ4v) is 3.84. The second kappa shape index (κ2) is 8.71. The Hall–Kier alpha value is -1.78. The van der Waals surface area contributed by atoms with Crippen molar-refractivity contribution >= 4 is 69.2 Å². The van der Waals surface area contributed by atoms with Crippen LogP contribution in [0.1, 0.15) is 25.2 Å². The highest BCUT2D eigenvalue weighted by Gasteiger charge is 2.13. The lowest BCUT2D eigenvalue weighted by Gasteiger charge is -2.09. The third kappa shape index (κ3) is 4.28. The molecule has 0 amide bonds. The number of aromatic nitrogens is 1. The molecule has 2 aromatic carbocycles. The molecule has 0 aliphatic carbocycles. The van der Waals surface area contributed by atoms with Gasteiger partial charge in [-0.2, -0.15) is 0 Å². The fraction of sp³-hybridized carbons (Fsp3) is 0.143. The van der Waals surface area contributed by atoms with Crippen molar-refractivity contribution in [2.45, 2.75) is 13.8 Å². The highest BCUT2D eigenvalue weighted by molar-refractivity contribution is 6.39. The molecule has 7 heteroatoms. The van der Waals surface area contributed by atoms with Gasteiger partial charge in [-0.25, -0.2) is 9.98 Å². The van der Waals surface area contributed by atoms with Gasteiger partial charge in [-0.15, -0.1) is 0 Å². The van der Waals surface area contributed by atoms with Crippen LogP contribution in [0, 0.1) is 0 Å². The average molecular weight is 453 g/mol. The molecule has 0 atom stereocenters. The maximum absolute atomic E-state index is 6.23. The second-order valence-corrected chi connectivity index (χ2v) is 7.83. The van der Waals surface area contributed by atoms with Crippen molar-refractivity contribution in [1.82, 2.24) is 4.57 Å². The van der Waals surface area contributed by atoms with Crippen LogP contribution in [0.5, 0.6) is 0 Å². The molecule has 144 valence electrons. The summed E-state index contributed by atoms with van der Waals surface area (Å²) in [6.07, 6.45) is 0. The Morgan fingerprint density at radius 2 is 0.964 bits per heavy atom. The van der Waals surface area contributed by atoms with Crippen molar-refractivity contribution in [1.29, 1.82) is 0 Å². The molecule has 0 saturated heterocycles. The minimum absolute atomic E-state index is 0.507. The number of aliphatic imine (C=N–C) groups is 2. The van der Waals surface area contributed by atoms with Gasteiger partial charge in [0.2, 0.25) is 0 Å². The fourth-order valence-electron chi connectivity index (χ4n) is 2.88. The summed E-state index contributed by atoms with van der Waals surface area (Å²) in [4.78, 5) is 9.25. The zero-order chi connectivity index (χ0) is 20.4. The van der Waals surface area contributed by atoms with E-state index in [9.17, 15) is 0 Å². The van der Waals surface area contributed by atoms with E-state index in [1.165, 1.54) is 0 Å². The van der Waals surface area contributed by atoms with E-state index in [1.807, 2.05) is 37.6 Å². The molecule has 0 radical (unpaired) electrons. The van der Waals surface area contributed by atoms with Crippen LogP contribution in [0.25, 0.3) is 0 Å². The van der Waals surface area contributed by atoms with E-state index in [4.69, 9.17) is 46.4 Å². The Bertz CT molecular complexity index is 972. The predicted molar refractivity (Wildman–Crippen MR) is 122 cm³/mol. The molecule has 1 heterocycles. The van der Waals surface area contributed by atoms with Crippen molar-refractivity contribution in [3.8, 4) is 0 Å². The molecule has 0 aliphatic rings. The third-order valence-corrected chi connectivity index (χ3v) is 5.52. The van der Waals surface area contributed by atoms with Crippen LogP contribution in [0.2, 0.25) is 20.1 Å². The SMILES string of the molecule is CC(=Nc1c(Cl)cccc1Cl)c1ccc(C(C)=Nc2c(Cl)cccc2Cl)n1C. The number of halogens is 4. The lowest BCUT2D eigenvalue weighted by molar-refractivity contribution is 0.900. The quantitative estimate of drug-likeness (QED) is 0.359. The molecule has 0 spiro atoms. The summed E-state index contributed by atoms with van der Waals surface area (Å²) in [7, 11) is 1.95. The van der Waals surface area contributed by atoms with E-state index < -0.39 is 0 Å². The van der Waals surface area contributed by atoms with Crippen molar-refractivity contribution < 1.29 is 0 Å². The second-order valence-electron chi connectivity index (χ2n) is 6.20. The van der Waals surface area contributed by atoms with Crippen molar-refractivity contribution in [2.24, 2.45) is 17.0 Å². The normalized spacial score (nSPS) is 12.5. The Labute approximate surface area is 184 Å². The van der Waals surface area contributed by atoms with Crippen LogP contribution in [-0.4, -0.2) is 16.0 Å². The van der Waals surface area contributed by atoms with Gasteiger partial charge in [0.1, 0.15) is 11.4 Å². The number of hydrogen-bond donors (Lipinski definition) is 0. The van der Waals surface area contributed by atoms with Crippen LogP contribution in [0.4, 0.5) is 11.4 Å². The Balaban J connectivity index is 2.00. The zero-order valence-corrected chi connectivity index (χ0v) is 18.5. The van der Waals surface area contributed by atoms with E-state index in [0.717, 1.165) is 22.8 Å². The number of benzene rings is 2. The van der Waals surface area contributed by atoms with Gasteiger partial charge >= 0.3 is 0 Å². The van der Waals surface area contributed by atoms with E-state index in [2.05, 4.69) is 9.98 Å². The first-order chi connectivity index (χ1) is 13.3. The first-order valence-corrected chi connectivity index (χ1v) is 9.96. The summed E-state index contributed by atoms with van der Waals surface area (Å²) in [5.41, 5.74) is 4.52. The summed E-state index contributed by atoms with van der Waals surface area (Å²) < 4.78 is 2.01. The highest BCUT2D eigenvalue weighted by Crippen LogP contribution is 2.34. The third-order valence-electron chi connectivity index (χ3n) is 4.30. The Morgan fingerprint density at radius 3 is 1.29 bits per heavy atom. The molecule has 28 heavy (non-hydrogen) atoms. The van der Waals surface area contributed by atoms with Gasteiger partial charge in [-0.1, -0.05) is 58.5 Å². The van der Waals surface area contributed by atoms with Gasteiger partial charge in [0.15, 0.2) is 0 Å². The van der Waals surface area contributed by atoms with Gasteiger partial charge in [0.25, 0.3) is 0 Å². The van der Waals surface area contributed by atoms with E-state index in [-0.39, 0.29) is 0 Å². The van der Waals surface area contributed by atoms with Crippen LogP contribution in [-0.2, 0) is 7.05 Å². The molecule has 3 aromatic rings. The molecule has 0 N–H and O–H groups in total. The van der Waals surface area contributed by atoms with Gasteiger partial charge in [-0.05, 0) is 50.2 Å². The summed E-state index contributed by atoms with van der Waals surface area (Å²) in [6, 6.07) is 14.6. The molecule has 0 bridgehead atoms. The molecule has 0 aliphatic heterocycles. The van der Waals surface area contributed by atoms with E-state index >= 15 is 0 Å². The molecule has 0 fully saturated rings. The molecule has 3 nitrogen and oxygen atoms in total. The highest BCUT2D eigenvalue weighted by atomic mass is 35.5. The van der Waals surface area contributed by atoms with E-state index in [1.54, 1.807) is 36.4 Å². The monoisotopic (exact) mass is 451 g/mol. The number of nitrogens with zero attached hydrogens (tertiary/aromatic N) is 3. The van der Waals surface area contributed by atoms with E-state index in [0.29, 0.717) is 31.5 Å². The summed E-state index contributed by atoms with van der Waals surface area (Å²) in [6.45, 7) is 3.83. The van der Waals surface area contributed by atoms with Gasteiger partial charge in [-0.3, -0.25) is 0 Å². The maximum Gasteiger partial charge on any atom is 0.101 e. The number of hydrogen-bond acceptors (Lipinski definition) is 2. The standard InChI is InChI=1S/C21H17Cl4N3/c1-12(26-20-14(22)6-4-7-15(20)23)18-10-11-19(28(18)3)13(2)27-21-16(24)8-5-9-17(21)25/h4-11H,1-3H3. The minimum atomic E-state index is 0.507. The number of rotatable bonds is 4. The van der Waals surface area contributed by atoms with Gasteiger partial charge in [0, 0.05) is 7.05 Å². The Kier molecular flexibility index (Phi) is 6.51. The topological polar surface area (TPSA) is 29.6 Å². The van der Waals surface area contributed by atoms with Crippen LogP contribution in [0.15, 0.2) is 58.5 Å². The van der Waals surface area contributed by atoms with Crippen molar-refractivity contribution in [3.05, 3.63) is 80.0 Å². The predicted octanol–water partition coefficient (Wildman–Crippen LogP) is 7.92. The summed E-state index contributed by atoms with van der Waals surface area (Å²) in [5.74, 6) is 0. The lowest BCUT2D eigenvalue weighted by atomic mass is 10.2. The molecular weight excluding hydrogens is 436 g/mol.